The molecule has 0 spiro atoms. The highest BCUT2D eigenvalue weighted by atomic mass is 16.5. The molecular formula is C22H20O4. The van der Waals surface area contributed by atoms with Gasteiger partial charge in [-0.25, -0.2) is 0 Å². The van der Waals surface area contributed by atoms with Crippen molar-refractivity contribution >= 4 is 5.97 Å². The number of aryl methyl sites for hydroxylation is 1. The van der Waals surface area contributed by atoms with Crippen molar-refractivity contribution in [3.8, 4) is 17.2 Å². The van der Waals surface area contributed by atoms with E-state index in [1.165, 1.54) is 0 Å². The first-order valence-electron chi connectivity index (χ1n) is 8.44. The molecule has 0 aliphatic heterocycles. The minimum atomic E-state index is -0.799. The molecule has 4 nitrogen and oxygen atoms in total. The van der Waals surface area contributed by atoms with Crippen LogP contribution >= 0.6 is 0 Å². The Bertz CT molecular complexity index is 859. The van der Waals surface area contributed by atoms with Crippen molar-refractivity contribution in [3.63, 3.8) is 0 Å². The van der Waals surface area contributed by atoms with Crippen LogP contribution in [-0.4, -0.2) is 11.1 Å². The summed E-state index contributed by atoms with van der Waals surface area (Å²) in [5.74, 6) is 1.47. The van der Waals surface area contributed by atoms with Gasteiger partial charge in [-0.3, -0.25) is 4.79 Å². The third kappa shape index (κ3) is 5.38. The maximum atomic E-state index is 10.7. The lowest BCUT2D eigenvalue weighted by molar-refractivity contribution is -0.136. The van der Waals surface area contributed by atoms with Crippen LogP contribution in [0.1, 0.15) is 17.5 Å². The van der Waals surface area contributed by atoms with Crippen LogP contribution in [0, 0.1) is 0 Å². The molecule has 26 heavy (non-hydrogen) atoms. The van der Waals surface area contributed by atoms with Crippen LogP contribution in [0.3, 0.4) is 0 Å². The number of hydrogen-bond donors (Lipinski definition) is 1. The van der Waals surface area contributed by atoms with Crippen LogP contribution in [0.4, 0.5) is 0 Å². The van der Waals surface area contributed by atoms with E-state index < -0.39 is 5.97 Å². The van der Waals surface area contributed by atoms with Crippen molar-refractivity contribution in [2.24, 2.45) is 0 Å². The number of carbonyl (C=O) groups is 1. The first-order valence-corrected chi connectivity index (χ1v) is 8.44. The molecule has 3 aromatic rings. The van der Waals surface area contributed by atoms with Crippen LogP contribution in [-0.2, 0) is 17.8 Å². The molecule has 0 radical (unpaired) electrons. The van der Waals surface area contributed by atoms with E-state index in [-0.39, 0.29) is 6.42 Å². The van der Waals surface area contributed by atoms with Crippen molar-refractivity contribution in [1.82, 2.24) is 0 Å². The monoisotopic (exact) mass is 348 g/mol. The Balaban J connectivity index is 1.60. The van der Waals surface area contributed by atoms with E-state index in [0.717, 1.165) is 28.4 Å². The average molecular weight is 348 g/mol. The van der Waals surface area contributed by atoms with Gasteiger partial charge in [0.1, 0.15) is 23.9 Å². The van der Waals surface area contributed by atoms with Crippen molar-refractivity contribution in [1.29, 1.82) is 0 Å². The molecule has 0 atom stereocenters. The van der Waals surface area contributed by atoms with Gasteiger partial charge < -0.3 is 14.6 Å². The Morgan fingerprint density at radius 2 is 1.42 bits per heavy atom. The quantitative estimate of drug-likeness (QED) is 0.617. The summed E-state index contributed by atoms with van der Waals surface area (Å²) in [5.41, 5.74) is 1.94. The second-order valence-electron chi connectivity index (χ2n) is 5.89. The molecule has 1 N–H and O–H groups in total. The van der Waals surface area contributed by atoms with Gasteiger partial charge in [0, 0.05) is 6.42 Å². The summed E-state index contributed by atoms with van der Waals surface area (Å²) in [6.45, 7) is 0.411. The van der Waals surface area contributed by atoms with Gasteiger partial charge in [-0.2, -0.15) is 0 Å². The van der Waals surface area contributed by atoms with Crippen LogP contribution in [0.2, 0.25) is 0 Å². The molecule has 132 valence electrons. The van der Waals surface area contributed by atoms with Gasteiger partial charge in [0.15, 0.2) is 0 Å². The van der Waals surface area contributed by atoms with E-state index in [1.54, 1.807) is 0 Å². The largest absolute Gasteiger partial charge is 0.489 e. The first kappa shape index (κ1) is 17.5. The molecule has 4 heteroatoms. The molecular weight excluding hydrogens is 328 g/mol. The van der Waals surface area contributed by atoms with E-state index >= 15 is 0 Å². The number of ether oxygens (including phenoxy) is 2. The topological polar surface area (TPSA) is 55.8 Å². The average Bonchev–Trinajstić information content (AvgIpc) is 2.66. The predicted octanol–water partition coefficient (Wildman–Crippen LogP) is 5.08. The van der Waals surface area contributed by atoms with Gasteiger partial charge >= 0.3 is 5.97 Å². The Morgan fingerprint density at radius 3 is 2.19 bits per heavy atom. The normalized spacial score (nSPS) is 10.3. The molecule has 3 rings (SSSR count). The van der Waals surface area contributed by atoms with Crippen LogP contribution in [0.25, 0.3) is 0 Å². The van der Waals surface area contributed by atoms with Crippen molar-refractivity contribution in [2.75, 3.05) is 0 Å². The summed E-state index contributed by atoms with van der Waals surface area (Å²) in [7, 11) is 0. The lowest BCUT2D eigenvalue weighted by Crippen LogP contribution is -1.99. The zero-order chi connectivity index (χ0) is 18.2. The number of carboxylic acid groups (broad SMARTS) is 1. The minimum absolute atomic E-state index is 0.113. The zero-order valence-electron chi connectivity index (χ0n) is 14.3. The van der Waals surface area contributed by atoms with Crippen molar-refractivity contribution < 1.29 is 19.4 Å². The summed E-state index contributed by atoms with van der Waals surface area (Å²) in [6, 6.07) is 24.9. The minimum Gasteiger partial charge on any atom is -0.489 e. The fourth-order valence-corrected chi connectivity index (χ4v) is 2.53. The van der Waals surface area contributed by atoms with Gasteiger partial charge in [0.25, 0.3) is 0 Å². The molecule has 0 aromatic heterocycles. The molecule has 0 saturated heterocycles. The number of para-hydroxylation sites is 1. The second-order valence-corrected chi connectivity index (χ2v) is 5.89. The SMILES string of the molecule is O=C(O)CCc1cccc(OCc2cccc(Oc3ccccc3)c2)c1. The Hall–Kier alpha value is -3.27. The van der Waals surface area contributed by atoms with Crippen molar-refractivity contribution in [3.05, 3.63) is 90.0 Å². The second kappa shape index (κ2) is 8.72. The number of aliphatic carboxylic acids is 1. The van der Waals surface area contributed by atoms with E-state index in [0.29, 0.717) is 13.0 Å². The molecule has 0 heterocycles. The molecule has 3 aromatic carbocycles. The molecule has 0 unspecified atom stereocenters. The molecule has 0 fully saturated rings. The van der Waals surface area contributed by atoms with E-state index in [1.807, 2.05) is 78.9 Å². The standard InChI is InChI=1S/C22H20O4/c23-22(24)13-12-17-6-4-10-20(14-17)25-16-18-7-5-11-21(15-18)26-19-8-2-1-3-9-19/h1-11,14-15H,12-13,16H2,(H,23,24). The zero-order valence-corrected chi connectivity index (χ0v) is 14.3. The van der Waals surface area contributed by atoms with Gasteiger partial charge in [0.2, 0.25) is 0 Å². The summed E-state index contributed by atoms with van der Waals surface area (Å²) >= 11 is 0. The lowest BCUT2D eigenvalue weighted by Gasteiger charge is -2.10. The summed E-state index contributed by atoms with van der Waals surface area (Å²) in [5, 5.41) is 8.78. The number of rotatable bonds is 8. The van der Waals surface area contributed by atoms with Crippen LogP contribution < -0.4 is 9.47 Å². The highest BCUT2D eigenvalue weighted by Gasteiger charge is 2.03. The van der Waals surface area contributed by atoms with Crippen molar-refractivity contribution in [2.45, 2.75) is 19.4 Å². The fourth-order valence-electron chi connectivity index (χ4n) is 2.53. The summed E-state index contributed by atoms with van der Waals surface area (Å²) in [4.78, 5) is 10.7. The Labute approximate surface area is 152 Å². The van der Waals surface area contributed by atoms with Crippen LogP contribution in [0.15, 0.2) is 78.9 Å². The van der Waals surface area contributed by atoms with E-state index in [2.05, 4.69) is 0 Å². The maximum Gasteiger partial charge on any atom is 0.303 e. The van der Waals surface area contributed by atoms with Gasteiger partial charge in [-0.1, -0.05) is 42.5 Å². The molecule has 0 bridgehead atoms. The summed E-state index contributed by atoms with van der Waals surface area (Å²) in [6.07, 6.45) is 0.606. The molecule has 0 aliphatic rings. The Kier molecular flexibility index (Phi) is 5.88. The van der Waals surface area contributed by atoms with Gasteiger partial charge in [0.05, 0.1) is 0 Å². The molecule has 0 saturated carbocycles. The molecule has 0 amide bonds. The third-order valence-corrected chi connectivity index (χ3v) is 3.81. The van der Waals surface area contributed by atoms with Gasteiger partial charge in [-0.15, -0.1) is 0 Å². The highest BCUT2D eigenvalue weighted by Crippen LogP contribution is 2.23. The maximum absolute atomic E-state index is 10.7. The Morgan fingerprint density at radius 1 is 0.769 bits per heavy atom. The predicted molar refractivity (Wildman–Crippen MR) is 99.7 cm³/mol. The lowest BCUT2D eigenvalue weighted by atomic mass is 10.1. The third-order valence-electron chi connectivity index (χ3n) is 3.81. The molecule has 0 aliphatic carbocycles. The number of hydrogen-bond acceptors (Lipinski definition) is 3. The highest BCUT2D eigenvalue weighted by molar-refractivity contribution is 5.67. The fraction of sp³-hybridized carbons (Fsp3) is 0.136. The van der Waals surface area contributed by atoms with E-state index in [9.17, 15) is 4.79 Å². The first-order chi connectivity index (χ1) is 12.7. The van der Waals surface area contributed by atoms with Gasteiger partial charge in [-0.05, 0) is 53.9 Å². The number of benzene rings is 3. The smallest absolute Gasteiger partial charge is 0.303 e. The van der Waals surface area contributed by atoms with Crippen LogP contribution in [0.5, 0.6) is 17.2 Å². The van der Waals surface area contributed by atoms with E-state index in [4.69, 9.17) is 14.6 Å². The summed E-state index contributed by atoms with van der Waals surface area (Å²) < 4.78 is 11.7. The number of carboxylic acids is 1.